The number of hydrogen-bond acceptors (Lipinski definition) is 3. The number of rotatable bonds is 9. The van der Waals surface area contributed by atoms with Crippen LogP contribution in [0.15, 0.2) is 42.7 Å². The SMILES string of the molecule is O=C(CN(CC(F)F)C[C@@H]1CCC=CO1)N[C@H](c1ccccc1)C1CC1. The second kappa shape index (κ2) is 9.12. The molecule has 1 aromatic carbocycles. The van der Waals surface area contributed by atoms with E-state index in [0.717, 1.165) is 31.2 Å². The Morgan fingerprint density at radius 3 is 2.62 bits per heavy atom. The summed E-state index contributed by atoms with van der Waals surface area (Å²) in [5.74, 6) is 0.231. The fraction of sp³-hybridized carbons (Fsp3) is 0.550. The molecule has 0 unspecified atom stereocenters. The largest absolute Gasteiger partial charge is 0.497 e. The molecule has 2 aliphatic rings. The van der Waals surface area contributed by atoms with Crippen LogP contribution in [0.4, 0.5) is 8.78 Å². The summed E-state index contributed by atoms with van der Waals surface area (Å²) < 4.78 is 31.3. The molecular formula is C20H26F2N2O2. The van der Waals surface area contributed by atoms with Crippen LogP contribution in [0.3, 0.4) is 0 Å². The number of nitrogens with zero attached hydrogens (tertiary/aromatic N) is 1. The molecule has 0 spiro atoms. The van der Waals surface area contributed by atoms with E-state index in [0.29, 0.717) is 12.5 Å². The first-order chi connectivity index (χ1) is 12.6. The van der Waals surface area contributed by atoms with Gasteiger partial charge in [-0.25, -0.2) is 8.78 Å². The minimum atomic E-state index is -2.48. The zero-order valence-electron chi connectivity index (χ0n) is 14.8. The summed E-state index contributed by atoms with van der Waals surface area (Å²) in [7, 11) is 0. The van der Waals surface area contributed by atoms with Crippen LogP contribution in [0.1, 0.15) is 37.3 Å². The van der Waals surface area contributed by atoms with Gasteiger partial charge in [0.05, 0.1) is 25.4 Å². The lowest BCUT2D eigenvalue weighted by Crippen LogP contribution is -2.44. The zero-order chi connectivity index (χ0) is 18.4. The van der Waals surface area contributed by atoms with Crippen LogP contribution in [-0.4, -0.2) is 43.0 Å². The maximum atomic E-state index is 12.9. The number of alkyl halides is 2. The second-order valence-electron chi connectivity index (χ2n) is 7.09. The Hall–Kier alpha value is -1.95. The van der Waals surface area contributed by atoms with E-state index in [1.165, 1.54) is 4.90 Å². The molecule has 26 heavy (non-hydrogen) atoms. The van der Waals surface area contributed by atoms with Gasteiger partial charge in [0.2, 0.25) is 5.91 Å². The monoisotopic (exact) mass is 364 g/mol. The Morgan fingerprint density at radius 2 is 2.00 bits per heavy atom. The Labute approximate surface area is 153 Å². The van der Waals surface area contributed by atoms with Crippen molar-refractivity contribution in [3.05, 3.63) is 48.2 Å². The van der Waals surface area contributed by atoms with Crippen molar-refractivity contribution in [1.82, 2.24) is 10.2 Å². The number of benzene rings is 1. The van der Waals surface area contributed by atoms with Gasteiger partial charge in [0.15, 0.2) is 0 Å². The van der Waals surface area contributed by atoms with Crippen molar-refractivity contribution in [2.75, 3.05) is 19.6 Å². The first-order valence-corrected chi connectivity index (χ1v) is 9.27. The second-order valence-corrected chi connectivity index (χ2v) is 7.09. The van der Waals surface area contributed by atoms with E-state index in [4.69, 9.17) is 4.74 Å². The fourth-order valence-electron chi connectivity index (χ4n) is 3.39. The van der Waals surface area contributed by atoms with Crippen molar-refractivity contribution < 1.29 is 18.3 Å². The number of carbonyl (C=O) groups excluding carboxylic acids is 1. The number of amides is 1. The fourth-order valence-corrected chi connectivity index (χ4v) is 3.39. The van der Waals surface area contributed by atoms with Crippen LogP contribution in [0.2, 0.25) is 0 Å². The number of carbonyl (C=O) groups is 1. The Kier molecular flexibility index (Phi) is 6.61. The van der Waals surface area contributed by atoms with Gasteiger partial charge >= 0.3 is 0 Å². The van der Waals surface area contributed by atoms with Crippen LogP contribution in [0.5, 0.6) is 0 Å². The molecule has 1 amide bonds. The average Bonchev–Trinajstić information content (AvgIpc) is 3.45. The van der Waals surface area contributed by atoms with E-state index in [9.17, 15) is 13.6 Å². The lowest BCUT2D eigenvalue weighted by Gasteiger charge is -2.28. The molecule has 1 aromatic rings. The molecule has 1 aliphatic carbocycles. The molecule has 3 rings (SSSR count). The normalized spacial score (nSPS) is 20.8. The van der Waals surface area contributed by atoms with Crippen molar-refractivity contribution in [3.8, 4) is 0 Å². The summed E-state index contributed by atoms with van der Waals surface area (Å²) in [5.41, 5.74) is 1.07. The molecule has 0 bridgehead atoms. The van der Waals surface area contributed by atoms with Crippen LogP contribution in [-0.2, 0) is 9.53 Å². The van der Waals surface area contributed by atoms with E-state index in [1.807, 2.05) is 36.4 Å². The summed E-state index contributed by atoms with van der Waals surface area (Å²) in [6.45, 7) is -0.123. The van der Waals surface area contributed by atoms with E-state index in [-0.39, 0.29) is 24.6 Å². The number of nitrogens with one attached hydrogen (secondary N) is 1. The summed E-state index contributed by atoms with van der Waals surface area (Å²) in [5, 5.41) is 3.06. The summed E-state index contributed by atoms with van der Waals surface area (Å²) in [6, 6.07) is 9.82. The van der Waals surface area contributed by atoms with E-state index in [1.54, 1.807) is 6.26 Å². The van der Waals surface area contributed by atoms with Gasteiger partial charge in [0.1, 0.15) is 6.10 Å². The van der Waals surface area contributed by atoms with Gasteiger partial charge in [-0.2, -0.15) is 0 Å². The highest BCUT2D eigenvalue weighted by Gasteiger charge is 2.33. The Bertz CT molecular complexity index is 605. The number of hydrogen-bond donors (Lipinski definition) is 1. The molecule has 1 heterocycles. The molecule has 6 heteroatoms. The smallest absolute Gasteiger partial charge is 0.251 e. The van der Waals surface area contributed by atoms with Crippen LogP contribution in [0.25, 0.3) is 0 Å². The quantitative estimate of drug-likeness (QED) is 0.729. The van der Waals surface area contributed by atoms with E-state index >= 15 is 0 Å². The number of halogens is 2. The molecule has 0 saturated heterocycles. The van der Waals surface area contributed by atoms with Gasteiger partial charge in [-0.1, -0.05) is 30.3 Å². The van der Waals surface area contributed by atoms with Crippen molar-refractivity contribution in [1.29, 1.82) is 0 Å². The van der Waals surface area contributed by atoms with Gasteiger partial charge in [-0.3, -0.25) is 9.69 Å². The third kappa shape index (κ3) is 5.80. The van der Waals surface area contributed by atoms with Crippen molar-refractivity contribution in [2.45, 2.75) is 44.3 Å². The molecule has 0 radical (unpaired) electrons. The lowest BCUT2D eigenvalue weighted by molar-refractivity contribution is -0.124. The third-order valence-electron chi connectivity index (χ3n) is 4.82. The standard InChI is InChI=1S/C20H26F2N2O2/c21-18(22)13-24(12-17-8-4-5-11-26-17)14-19(25)23-20(16-9-10-16)15-6-2-1-3-7-15/h1-3,5-7,11,16-18,20H,4,8-10,12-14H2,(H,23,25)/t17-,20+/m0/s1. The van der Waals surface area contributed by atoms with Crippen LogP contribution in [0, 0.1) is 5.92 Å². The van der Waals surface area contributed by atoms with Crippen LogP contribution < -0.4 is 5.32 Å². The zero-order valence-corrected chi connectivity index (χ0v) is 14.8. The van der Waals surface area contributed by atoms with Crippen molar-refractivity contribution >= 4 is 5.91 Å². The molecule has 2 atom stereocenters. The Balaban J connectivity index is 1.58. The number of allylic oxidation sites excluding steroid dienone is 1. The number of ether oxygens (including phenoxy) is 1. The van der Waals surface area contributed by atoms with E-state index < -0.39 is 13.0 Å². The molecule has 142 valence electrons. The topological polar surface area (TPSA) is 41.6 Å². The molecular weight excluding hydrogens is 338 g/mol. The minimum Gasteiger partial charge on any atom is -0.497 e. The van der Waals surface area contributed by atoms with Gasteiger partial charge in [0.25, 0.3) is 6.43 Å². The summed E-state index contributed by atoms with van der Waals surface area (Å²) in [4.78, 5) is 14.0. The van der Waals surface area contributed by atoms with Gasteiger partial charge < -0.3 is 10.1 Å². The first-order valence-electron chi connectivity index (χ1n) is 9.27. The first kappa shape index (κ1) is 18.8. The van der Waals surface area contributed by atoms with Crippen molar-refractivity contribution in [2.24, 2.45) is 5.92 Å². The van der Waals surface area contributed by atoms with Gasteiger partial charge in [-0.05, 0) is 43.2 Å². The highest BCUT2D eigenvalue weighted by Crippen LogP contribution is 2.40. The minimum absolute atomic E-state index is 0.0361. The van der Waals surface area contributed by atoms with Gasteiger partial charge in [0, 0.05) is 6.54 Å². The highest BCUT2D eigenvalue weighted by molar-refractivity contribution is 5.78. The third-order valence-corrected chi connectivity index (χ3v) is 4.82. The molecule has 1 saturated carbocycles. The molecule has 1 fully saturated rings. The highest BCUT2D eigenvalue weighted by atomic mass is 19.3. The van der Waals surface area contributed by atoms with Crippen LogP contribution >= 0.6 is 0 Å². The average molecular weight is 364 g/mol. The van der Waals surface area contributed by atoms with Crippen molar-refractivity contribution in [3.63, 3.8) is 0 Å². The lowest BCUT2D eigenvalue weighted by atomic mass is 10.0. The molecule has 1 N–H and O–H groups in total. The molecule has 1 aliphatic heterocycles. The molecule has 0 aromatic heterocycles. The maximum absolute atomic E-state index is 12.9. The maximum Gasteiger partial charge on any atom is 0.251 e. The predicted molar refractivity (Wildman–Crippen MR) is 95.7 cm³/mol. The predicted octanol–water partition coefficient (Wildman–Crippen LogP) is 3.51. The summed E-state index contributed by atoms with van der Waals surface area (Å²) in [6.07, 6.45) is 4.75. The molecule has 4 nitrogen and oxygen atoms in total. The van der Waals surface area contributed by atoms with E-state index in [2.05, 4.69) is 5.32 Å². The van der Waals surface area contributed by atoms with Gasteiger partial charge in [-0.15, -0.1) is 0 Å². The Morgan fingerprint density at radius 1 is 1.23 bits per heavy atom. The summed E-state index contributed by atoms with van der Waals surface area (Å²) >= 11 is 0.